The smallest absolute Gasteiger partial charge is 0.277 e. The number of ether oxygens (including phenoxy) is 2. The number of rotatable bonds is 10. The van der Waals surface area contributed by atoms with Gasteiger partial charge in [-0.15, -0.1) is 0 Å². The average Bonchev–Trinajstić information content (AvgIpc) is 2.93. The fraction of sp³-hybridized carbons (Fsp3) is 0.161. The molecule has 0 fully saturated rings. The maximum atomic E-state index is 12.3. The highest BCUT2D eigenvalue weighted by molar-refractivity contribution is 9.10. The number of nitrogens with zero attached hydrogens (tertiary/aromatic N) is 1. The second kappa shape index (κ2) is 12.4. The van der Waals surface area contributed by atoms with Gasteiger partial charge in [0.25, 0.3) is 5.91 Å². The molecule has 5 nitrogen and oxygen atoms in total. The Morgan fingerprint density at radius 1 is 0.865 bits per heavy atom. The van der Waals surface area contributed by atoms with Gasteiger partial charge in [0.05, 0.1) is 6.21 Å². The van der Waals surface area contributed by atoms with Gasteiger partial charge >= 0.3 is 0 Å². The molecule has 0 unspecified atom stereocenters. The minimum absolute atomic E-state index is 0.137. The molecule has 188 valence electrons. The summed E-state index contributed by atoms with van der Waals surface area (Å²) in [4.78, 5) is 12.3. The molecule has 0 atom stereocenters. The number of amides is 1. The average molecular weight is 557 g/mol. The van der Waals surface area contributed by atoms with E-state index in [0.717, 1.165) is 15.6 Å². The van der Waals surface area contributed by atoms with Crippen LogP contribution in [0.1, 0.15) is 36.1 Å². The van der Waals surface area contributed by atoms with Gasteiger partial charge in [0.1, 0.15) is 18.1 Å². The van der Waals surface area contributed by atoms with Crippen LogP contribution >= 0.6 is 15.9 Å². The van der Waals surface area contributed by atoms with Gasteiger partial charge in [-0.1, -0.05) is 103 Å². The number of nitrogens with one attached hydrogen (secondary N) is 1. The highest BCUT2D eigenvalue weighted by Crippen LogP contribution is 2.32. The molecule has 0 radical (unpaired) electrons. The topological polar surface area (TPSA) is 59.9 Å². The Kier molecular flexibility index (Phi) is 8.75. The molecule has 6 heteroatoms. The summed E-state index contributed by atoms with van der Waals surface area (Å²) in [6, 6.07) is 33.8. The number of hydrogen-bond donors (Lipinski definition) is 1. The van der Waals surface area contributed by atoms with Crippen LogP contribution in [0, 0.1) is 0 Å². The normalized spacial score (nSPS) is 11.3. The van der Waals surface area contributed by atoms with E-state index in [1.807, 2.05) is 91.0 Å². The van der Waals surface area contributed by atoms with Crippen LogP contribution in [-0.4, -0.2) is 18.7 Å². The van der Waals surface area contributed by atoms with Crippen LogP contribution < -0.4 is 14.9 Å². The van der Waals surface area contributed by atoms with E-state index in [2.05, 4.69) is 52.4 Å². The van der Waals surface area contributed by atoms with E-state index in [1.54, 1.807) is 6.21 Å². The van der Waals surface area contributed by atoms with Crippen molar-refractivity contribution in [3.05, 3.63) is 130 Å². The van der Waals surface area contributed by atoms with Crippen LogP contribution in [0.25, 0.3) is 0 Å². The monoisotopic (exact) mass is 556 g/mol. The highest BCUT2D eigenvalue weighted by Gasteiger charge is 2.22. The molecule has 0 aliphatic heterocycles. The molecule has 0 aliphatic carbocycles. The molecule has 0 saturated heterocycles. The van der Waals surface area contributed by atoms with Crippen LogP contribution in [0.15, 0.2) is 113 Å². The zero-order chi connectivity index (χ0) is 26.1. The lowest BCUT2D eigenvalue weighted by atomic mass is 9.78. The molecular weight excluding hydrogens is 528 g/mol. The number of benzene rings is 4. The van der Waals surface area contributed by atoms with Crippen molar-refractivity contribution in [2.24, 2.45) is 5.10 Å². The zero-order valence-electron chi connectivity index (χ0n) is 20.9. The predicted octanol–water partition coefficient (Wildman–Crippen LogP) is 6.88. The van der Waals surface area contributed by atoms with Crippen molar-refractivity contribution < 1.29 is 14.3 Å². The SMILES string of the molecule is CC(C)(c1ccccc1)c1ccc(OCC(=O)N/N=C\c2cc(Br)ccc2OCc2ccccc2)cc1. The molecular formula is C31H29BrN2O3. The van der Waals surface area contributed by atoms with Gasteiger partial charge in [0.15, 0.2) is 6.61 Å². The van der Waals surface area contributed by atoms with Crippen LogP contribution in [0.5, 0.6) is 11.5 Å². The van der Waals surface area contributed by atoms with Crippen molar-refractivity contribution in [3.8, 4) is 11.5 Å². The number of halogens is 1. The first-order valence-electron chi connectivity index (χ1n) is 12.0. The van der Waals surface area contributed by atoms with Gasteiger partial charge in [-0.3, -0.25) is 4.79 Å². The molecule has 1 amide bonds. The summed E-state index contributed by atoms with van der Waals surface area (Å²) < 4.78 is 12.5. The number of carbonyl (C=O) groups excluding carboxylic acids is 1. The Morgan fingerprint density at radius 3 is 2.22 bits per heavy atom. The van der Waals surface area contributed by atoms with E-state index in [1.165, 1.54) is 11.1 Å². The van der Waals surface area contributed by atoms with Gasteiger partial charge in [-0.25, -0.2) is 5.43 Å². The first kappa shape index (κ1) is 26.2. The Balaban J connectivity index is 1.30. The van der Waals surface area contributed by atoms with Crippen molar-refractivity contribution >= 4 is 28.1 Å². The molecule has 0 aromatic heterocycles. The Bertz CT molecular complexity index is 1340. The molecule has 0 aliphatic rings. The third kappa shape index (κ3) is 7.30. The van der Waals surface area contributed by atoms with Gasteiger partial charge in [-0.05, 0) is 47.0 Å². The van der Waals surface area contributed by atoms with Crippen molar-refractivity contribution in [2.45, 2.75) is 25.9 Å². The lowest BCUT2D eigenvalue weighted by Gasteiger charge is -2.26. The van der Waals surface area contributed by atoms with Crippen molar-refractivity contribution in [3.63, 3.8) is 0 Å². The molecule has 0 bridgehead atoms. The molecule has 0 spiro atoms. The first-order chi connectivity index (χ1) is 17.9. The second-order valence-electron chi connectivity index (χ2n) is 9.05. The highest BCUT2D eigenvalue weighted by atomic mass is 79.9. The van der Waals surface area contributed by atoms with Gasteiger partial charge in [0, 0.05) is 15.5 Å². The molecule has 4 rings (SSSR count). The number of hydrazone groups is 1. The Labute approximate surface area is 226 Å². The third-order valence-electron chi connectivity index (χ3n) is 6.04. The molecule has 0 heterocycles. The third-order valence-corrected chi connectivity index (χ3v) is 6.54. The quantitative estimate of drug-likeness (QED) is 0.171. The van der Waals surface area contributed by atoms with Crippen molar-refractivity contribution in [2.75, 3.05) is 6.61 Å². The summed E-state index contributed by atoms with van der Waals surface area (Å²) in [6.07, 6.45) is 1.56. The minimum atomic E-state index is -0.355. The molecule has 1 N–H and O–H groups in total. The van der Waals surface area contributed by atoms with E-state index >= 15 is 0 Å². The maximum Gasteiger partial charge on any atom is 0.277 e. The largest absolute Gasteiger partial charge is 0.488 e. The van der Waals surface area contributed by atoms with Crippen LogP contribution in [-0.2, 0) is 16.8 Å². The fourth-order valence-electron chi connectivity index (χ4n) is 3.83. The summed E-state index contributed by atoms with van der Waals surface area (Å²) in [5.74, 6) is 0.932. The van der Waals surface area contributed by atoms with E-state index in [0.29, 0.717) is 18.1 Å². The first-order valence-corrected chi connectivity index (χ1v) is 12.8. The summed E-state index contributed by atoms with van der Waals surface area (Å²) in [6.45, 7) is 4.67. The minimum Gasteiger partial charge on any atom is -0.488 e. The van der Waals surface area contributed by atoms with Gasteiger partial charge < -0.3 is 9.47 Å². The Hall–Kier alpha value is -3.90. The van der Waals surface area contributed by atoms with Gasteiger partial charge in [0.2, 0.25) is 0 Å². The summed E-state index contributed by atoms with van der Waals surface area (Å²) >= 11 is 3.47. The molecule has 4 aromatic carbocycles. The molecule has 4 aromatic rings. The van der Waals surface area contributed by atoms with Crippen molar-refractivity contribution in [1.82, 2.24) is 5.43 Å². The summed E-state index contributed by atoms with van der Waals surface area (Å²) in [5.41, 5.74) is 6.58. The number of carbonyl (C=O) groups is 1. The maximum absolute atomic E-state index is 12.3. The van der Waals surface area contributed by atoms with E-state index in [9.17, 15) is 4.79 Å². The lowest BCUT2D eigenvalue weighted by Crippen LogP contribution is -2.24. The Morgan fingerprint density at radius 2 is 1.51 bits per heavy atom. The van der Waals surface area contributed by atoms with E-state index in [-0.39, 0.29) is 17.9 Å². The second-order valence-corrected chi connectivity index (χ2v) is 9.97. The summed E-state index contributed by atoms with van der Waals surface area (Å²) in [7, 11) is 0. The number of hydrogen-bond acceptors (Lipinski definition) is 4. The van der Waals surface area contributed by atoms with Crippen LogP contribution in [0.3, 0.4) is 0 Å². The lowest BCUT2D eigenvalue weighted by molar-refractivity contribution is -0.123. The van der Waals surface area contributed by atoms with Crippen LogP contribution in [0.4, 0.5) is 0 Å². The zero-order valence-corrected chi connectivity index (χ0v) is 22.4. The molecule has 0 saturated carbocycles. The van der Waals surface area contributed by atoms with Crippen LogP contribution in [0.2, 0.25) is 0 Å². The van der Waals surface area contributed by atoms with E-state index < -0.39 is 0 Å². The summed E-state index contributed by atoms with van der Waals surface area (Å²) in [5, 5.41) is 4.09. The van der Waals surface area contributed by atoms with E-state index in [4.69, 9.17) is 9.47 Å². The molecule has 37 heavy (non-hydrogen) atoms. The fourth-order valence-corrected chi connectivity index (χ4v) is 4.21. The predicted molar refractivity (Wildman–Crippen MR) is 151 cm³/mol. The standard InChI is InChI=1S/C31H29BrN2O3/c1-31(2,25-11-7-4-8-12-25)26-13-16-28(17-14-26)36-22-30(35)34-33-20-24-19-27(32)15-18-29(24)37-21-23-9-5-3-6-10-23/h3-20H,21-22H2,1-2H3,(H,34,35)/b33-20-. The van der Waals surface area contributed by atoms with Gasteiger partial charge in [-0.2, -0.15) is 5.10 Å². The van der Waals surface area contributed by atoms with Crippen molar-refractivity contribution in [1.29, 1.82) is 0 Å².